The van der Waals surface area contributed by atoms with Crippen molar-refractivity contribution < 1.29 is 18.8 Å². The average Bonchev–Trinajstić information content (AvgIpc) is 1.96. The van der Waals surface area contributed by atoms with Crippen molar-refractivity contribution in [3.63, 3.8) is 0 Å². The number of carbonyl (C=O) groups is 3. The number of nitrogens with one attached hydrogen (secondary N) is 1. The lowest BCUT2D eigenvalue weighted by molar-refractivity contribution is -0.132. The van der Waals surface area contributed by atoms with Crippen LogP contribution < -0.4 is 5.32 Å². The van der Waals surface area contributed by atoms with Crippen LogP contribution in [0.25, 0.3) is 0 Å². The van der Waals surface area contributed by atoms with Gasteiger partial charge in [0.25, 0.3) is 0 Å². The summed E-state index contributed by atoms with van der Waals surface area (Å²) in [7, 11) is 0. The molecule has 1 N–H and O–H groups in total. The van der Waals surface area contributed by atoms with Crippen molar-refractivity contribution in [2.75, 3.05) is 6.54 Å². The second-order valence-electron chi connectivity index (χ2n) is 2.33. The van der Waals surface area contributed by atoms with E-state index >= 15 is 0 Å². The van der Waals surface area contributed by atoms with Crippen LogP contribution in [0.2, 0.25) is 0 Å². The Morgan fingerprint density at radius 3 is 2.25 bits per heavy atom. The Bertz CT molecular complexity index is 183. The monoisotopic (exact) mass is 175 g/mol. The van der Waals surface area contributed by atoms with E-state index in [9.17, 15) is 18.8 Å². The molecule has 0 aromatic rings. The fourth-order valence-electron chi connectivity index (χ4n) is 0.523. The standard InChI is InChI=1S/C7H10FNO3/c1-5(10)4-9-7(12)3-2-6(8)11/h2-4H2,1H3,(H,9,12). The molecule has 4 nitrogen and oxygen atoms in total. The van der Waals surface area contributed by atoms with Crippen molar-refractivity contribution in [2.45, 2.75) is 19.8 Å². The maximum atomic E-state index is 11.6. The van der Waals surface area contributed by atoms with Gasteiger partial charge < -0.3 is 5.32 Å². The zero-order valence-electron chi connectivity index (χ0n) is 6.72. The summed E-state index contributed by atoms with van der Waals surface area (Å²) in [4.78, 5) is 30.8. The molecule has 0 aliphatic heterocycles. The predicted octanol–water partition coefficient (Wildman–Crippen LogP) is -0.0321. The first kappa shape index (κ1) is 10.7. The summed E-state index contributed by atoms with van der Waals surface area (Å²) < 4.78 is 11.6. The molecule has 0 fully saturated rings. The highest BCUT2D eigenvalue weighted by Crippen LogP contribution is 1.90. The quantitative estimate of drug-likeness (QED) is 0.596. The molecule has 0 heterocycles. The van der Waals surface area contributed by atoms with Gasteiger partial charge in [0.1, 0.15) is 5.78 Å². The molecule has 0 spiro atoms. The van der Waals surface area contributed by atoms with Crippen molar-refractivity contribution in [2.24, 2.45) is 0 Å². The second kappa shape index (κ2) is 5.40. The van der Waals surface area contributed by atoms with Gasteiger partial charge in [-0.3, -0.25) is 14.4 Å². The fourth-order valence-corrected chi connectivity index (χ4v) is 0.523. The maximum absolute atomic E-state index is 11.6. The SMILES string of the molecule is CC(=O)CNC(=O)CCC(=O)F. The molecule has 0 bridgehead atoms. The molecule has 68 valence electrons. The summed E-state index contributed by atoms with van der Waals surface area (Å²) >= 11 is 0. The Morgan fingerprint density at radius 2 is 1.83 bits per heavy atom. The molecular formula is C7H10FNO3. The third-order valence-electron chi connectivity index (χ3n) is 1.08. The Morgan fingerprint density at radius 1 is 1.25 bits per heavy atom. The molecular weight excluding hydrogens is 165 g/mol. The number of Topliss-reactive ketones (excluding diaryl/α,β-unsaturated/α-hetero) is 1. The Hall–Kier alpha value is -1.26. The largest absolute Gasteiger partial charge is 0.349 e. The lowest BCUT2D eigenvalue weighted by Crippen LogP contribution is -2.28. The first-order valence-corrected chi connectivity index (χ1v) is 3.47. The Balaban J connectivity index is 3.47. The Kier molecular flexibility index (Phi) is 4.83. The van der Waals surface area contributed by atoms with Crippen LogP contribution in [-0.2, 0) is 14.4 Å². The number of rotatable bonds is 5. The van der Waals surface area contributed by atoms with E-state index in [0.717, 1.165) is 0 Å². The van der Waals surface area contributed by atoms with Crippen molar-refractivity contribution in [1.29, 1.82) is 0 Å². The molecule has 0 aliphatic rings. The smallest absolute Gasteiger partial charge is 0.302 e. The van der Waals surface area contributed by atoms with Crippen LogP contribution >= 0.6 is 0 Å². The van der Waals surface area contributed by atoms with Crippen molar-refractivity contribution in [1.82, 2.24) is 5.32 Å². The van der Waals surface area contributed by atoms with Crippen LogP contribution in [0.3, 0.4) is 0 Å². The van der Waals surface area contributed by atoms with Gasteiger partial charge in [-0.25, -0.2) is 0 Å². The van der Waals surface area contributed by atoms with E-state index in [1.165, 1.54) is 6.92 Å². The minimum Gasteiger partial charge on any atom is -0.349 e. The zero-order chi connectivity index (χ0) is 9.56. The van der Waals surface area contributed by atoms with Crippen LogP contribution in [0, 0.1) is 0 Å². The Labute approximate surface area is 69.1 Å². The third kappa shape index (κ3) is 6.85. The van der Waals surface area contributed by atoms with Crippen LogP contribution in [0.5, 0.6) is 0 Å². The highest BCUT2D eigenvalue weighted by molar-refractivity contribution is 5.86. The summed E-state index contributed by atoms with van der Waals surface area (Å²) in [6.45, 7) is 1.25. The molecule has 0 saturated heterocycles. The lowest BCUT2D eigenvalue weighted by atomic mass is 10.3. The van der Waals surface area contributed by atoms with E-state index in [0.29, 0.717) is 0 Å². The van der Waals surface area contributed by atoms with E-state index in [1.807, 2.05) is 0 Å². The second-order valence-corrected chi connectivity index (χ2v) is 2.33. The fraction of sp³-hybridized carbons (Fsp3) is 0.571. The first-order chi connectivity index (χ1) is 5.52. The van der Waals surface area contributed by atoms with Crippen LogP contribution in [0.1, 0.15) is 19.8 Å². The van der Waals surface area contributed by atoms with Gasteiger partial charge >= 0.3 is 6.04 Å². The number of hydrogen-bond donors (Lipinski definition) is 1. The summed E-state index contributed by atoms with van der Waals surface area (Å²) in [5.41, 5.74) is 0. The van der Waals surface area contributed by atoms with E-state index in [2.05, 4.69) is 5.32 Å². The van der Waals surface area contributed by atoms with Crippen molar-refractivity contribution >= 4 is 17.7 Å². The zero-order valence-corrected chi connectivity index (χ0v) is 6.72. The van der Waals surface area contributed by atoms with Crippen molar-refractivity contribution in [3.05, 3.63) is 0 Å². The van der Waals surface area contributed by atoms with Gasteiger partial charge in [-0.2, -0.15) is 4.39 Å². The third-order valence-corrected chi connectivity index (χ3v) is 1.08. The van der Waals surface area contributed by atoms with Crippen LogP contribution in [0.15, 0.2) is 0 Å². The van der Waals surface area contributed by atoms with Crippen molar-refractivity contribution in [3.8, 4) is 0 Å². The molecule has 0 radical (unpaired) electrons. The number of halogens is 1. The molecule has 0 rings (SSSR count). The predicted molar refractivity (Wildman–Crippen MR) is 39.0 cm³/mol. The van der Waals surface area contributed by atoms with Gasteiger partial charge in [0.15, 0.2) is 0 Å². The average molecular weight is 175 g/mol. The molecule has 12 heavy (non-hydrogen) atoms. The van der Waals surface area contributed by atoms with Gasteiger partial charge in [-0.15, -0.1) is 0 Å². The number of amides is 1. The van der Waals surface area contributed by atoms with Gasteiger partial charge in [0.2, 0.25) is 5.91 Å². The summed E-state index contributed by atoms with van der Waals surface area (Å²) in [6.07, 6.45) is -0.633. The lowest BCUT2D eigenvalue weighted by Gasteiger charge is -1.99. The van der Waals surface area contributed by atoms with E-state index in [4.69, 9.17) is 0 Å². The molecule has 0 atom stereocenters. The van der Waals surface area contributed by atoms with Gasteiger partial charge in [0, 0.05) is 12.8 Å². The molecule has 0 aliphatic carbocycles. The topological polar surface area (TPSA) is 63.2 Å². The van der Waals surface area contributed by atoms with E-state index in [1.54, 1.807) is 0 Å². The highest BCUT2D eigenvalue weighted by atomic mass is 19.1. The normalized spacial score (nSPS) is 9.17. The molecule has 0 aromatic carbocycles. The van der Waals surface area contributed by atoms with E-state index < -0.39 is 18.4 Å². The van der Waals surface area contributed by atoms with Gasteiger partial charge in [-0.1, -0.05) is 0 Å². The number of hydrogen-bond acceptors (Lipinski definition) is 3. The molecule has 5 heteroatoms. The summed E-state index contributed by atoms with van der Waals surface area (Å²) in [6, 6.07) is -1.52. The summed E-state index contributed by atoms with van der Waals surface area (Å²) in [5, 5.41) is 2.23. The van der Waals surface area contributed by atoms with Gasteiger partial charge in [0.05, 0.1) is 6.54 Å². The minimum absolute atomic E-state index is 0.0701. The molecule has 0 aromatic heterocycles. The molecule has 0 unspecified atom stereocenters. The number of ketones is 1. The van der Waals surface area contributed by atoms with Crippen LogP contribution in [0.4, 0.5) is 4.39 Å². The highest BCUT2D eigenvalue weighted by Gasteiger charge is 2.05. The molecule has 0 saturated carbocycles. The maximum Gasteiger partial charge on any atom is 0.302 e. The first-order valence-electron chi connectivity index (χ1n) is 3.47. The van der Waals surface area contributed by atoms with Gasteiger partial charge in [-0.05, 0) is 6.92 Å². The molecule has 1 amide bonds. The number of carbonyl (C=O) groups excluding carboxylic acids is 3. The minimum atomic E-state index is -1.52. The summed E-state index contributed by atoms with van der Waals surface area (Å²) in [5.74, 6) is -0.675. The van der Waals surface area contributed by atoms with E-state index in [-0.39, 0.29) is 18.7 Å². The van der Waals surface area contributed by atoms with Crippen LogP contribution in [-0.4, -0.2) is 24.3 Å².